The molecular formula is C93H118F2N16O20S. The number of carbonyl (C=O) groups is 17. The van der Waals surface area contributed by atoms with E-state index in [9.17, 15) is 52.6 Å². The van der Waals surface area contributed by atoms with E-state index in [1.54, 1.807) is 74.6 Å². The van der Waals surface area contributed by atoms with Gasteiger partial charge in [-0.15, -0.1) is 11.8 Å². The fourth-order valence-electron chi connectivity index (χ4n) is 16.3. The Kier molecular flexibility index (Phi) is 38.0. The molecule has 14 N–H and O–H groups in total. The minimum Gasteiger partial charge on any atom is -0.508 e. The second kappa shape index (κ2) is 49.0. The third kappa shape index (κ3) is 28.8. The zero-order valence-electron chi connectivity index (χ0n) is 75.0. The number of aromatic amines is 1. The van der Waals surface area contributed by atoms with E-state index in [-0.39, 0.29) is 95.1 Å². The molecular weight excluding hydrogens is 1730 g/mol. The molecule has 6 aromatic rings. The Morgan fingerprint density at radius 2 is 1.05 bits per heavy atom. The summed E-state index contributed by atoms with van der Waals surface area (Å²) in [6, 6.07) is 10.7. The van der Waals surface area contributed by atoms with Crippen molar-refractivity contribution in [2.75, 3.05) is 58.9 Å². The number of rotatable bonds is 25. The van der Waals surface area contributed by atoms with Crippen molar-refractivity contribution in [3.8, 4) is 5.75 Å². The number of benzene rings is 5. The molecule has 0 aliphatic carbocycles. The number of likely N-dealkylation sites (N-methyl/N-ethyl adjacent to an activating group) is 3. The SMILES string of the molecule is CCCC[C@H]1C(=O)N2CCC[C@@H]2C(=O)N[C@@H](COC=O)C(=O)N[C@@H](C(C)C)C(=O)N(C)[C@@H](Cc2ccc(F)cc2)C(=O)N[C@@H](CCC(=O)O)C(=O)N2CCC[C@@H]2C(=O)N[C@@H](Cc2c[nH]c3ccccc23)C(=O)N[C@@H](Cc2ccc(O)cc2)C(=O)N[C@@H](CC(C)C)C(=O)N[C@H](C(=O)NCC(N)=O)CSCC(=O)N[C@@H](Cc2ccc(F)cc2)C(=O)N(C)[C@@H](Cc2ccccc2)C(=O)N1C. The summed E-state index contributed by atoms with van der Waals surface area (Å²) in [5.41, 5.74) is 8.11. The van der Waals surface area contributed by atoms with Gasteiger partial charge in [-0.3, -0.25) is 81.5 Å². The maximum atomic E-state index is 15.7. The van der Waals surface area contributed by atoms with Crippen LogP contribution in [0.4, 0.5) is 8.78 Å². The number of nitrogens with zero attached hydrogens (tertiary/aromatic N) is 5. The van der Waals surface area contributed by atoms with Gasteiger partial charge in [-0.2, -0.15) is 0 Å². The van der Waals surface area contributed by atoms with Crippen molar-refractivity contribution in [3.05, 3.63) is 173 Å². The van der Waals surface area contributed by atoms with Crippen LogP contribution in [0, 0.1) is 23.5 Å². The van der Waals surface area contributed by atoms with Gasteiger partial charge < -0.3 is 98.0 Å². The van der Waals surface area contributed by atoms with Gasteiger partial charge in [-0.05, 0) is 127 Å². The number of para-hydroxylation sites is 1. The normalized spacial score (nSPS) is 23.6. The van der Waals surface area contributed by atoms with E-state index in [2.05, 4.69) is 52.8 Å². The summed E-state index contributed by atoms with van der Waals surface area (Å²) in [4.78, 5) is 258. The lowest BCUT2D eigenvalue weighted by Crippen LogP contribution is -2.62. The number of halogens is 2. The number of H-pyrrole nitrogens is 1. The first kappa shape index (κ1) is 102. The Labute approximate surface area is 767 Å². The number of carboxylic acids is 1. The largest absolute Gasteiger partial charge is 0.508 e. The number of aromatic hydroxyl groups is 1. The summed E-state index contributed by atoms with van der Waals surface area (Å²) in [5, 5.41) is 45.1. The number of thioether (sulfide) groups is 1. The molecule has 36 nitrogen and oxygen atoms in total. The van der Waals surface area contributed by atoms with Gasteiger partial charge in [-0.25, -0.2) is 8.78 Å². The number of aliphatic carboxylic acids is 1. The molecule has 3 aliphatic heterocycles. The molecule has 1 aromatic heterocycles. The summed E-state index contributed by atoms with van der Waals surface area (Å²) < 4.78 is 34.4. The van der Waals surface area contributed by atoms with E-state index in [0.717, 1.165) is 50.7 Å². The topological polar surface area (TPSA) is 506 Å². The molecule has 5 aromatic carbocycles. The van der Waals surface area contributed by atoms with E-state index in [1.807, 2.05) is 6.92 Å². The minimum absolute atomic E-state index is 0.00407. The molecule has 9 rings (SSSR count). The molecule has 0 unspecified atom stereocenters. The van der Waals surface area contributed by atoms with Crippen LogP contribution in [-0.2, 0) is 118 Å². The van der Waals surface area contributed by atoms with Gasteiger partial charge in [0.05, 0.1) is 12.3 Å². The Hall–Kier alpha value is -13.4. The molecule has 0 saturated carbocycles. The van der Waals surface area contributed by atoms with Gasteiger partial charge in [0.25, 0.3) is 6.47 Å². The van der Waals surface area contributed by atoms with Crippen molar-refractivity contribution in [2.24, 2.45) is 17.6 Å². The highest BCUT2D eigenvalue weighted by atomic mass is 32.2. The van der Waals surface area contributed by atoms with Gasteiger partial charge in [0, 0.05) is 95.6 Å². The maximum absolute atomic E-state index is 15.7. The standard InChI is InChI=1S/C93H118F2N16O20S/c1-9-10-22-74-92(129)111-40-17-24-73(111)87(124)104-70(49-131-52-112)85(122)106-80(54(4)5)93(130)108(7)75(44-58-27-33-61(95)34-28-58)88(125)100-65(37-38-79(116)117)90(127)110-39-16-23-72(110)86(123)103-68(46-59-47-97-64-21-15-14-20-63(59)64)84(121)102-67(42-57-29-35-62(113)36-30-57)83(120)101-66(41-53(2)3)82(119)105-71(81(118)98-48-77(96)114)50-132-51-78(115)99-69(43-56-25-31-60(94)32-26-56)89(126)109(8)76(91(128)107(74)6)45-55-18-12-11-13-19-55/h11-15,18-21,25-36,47,52-54,65-76,80,97,113H,9-10,16-17,22-24,37-46,48-51H2,1-8H3,(H2,96,114)(H,98,118)(H,99,115)(H,100,125)(H,101,120)(H,102,121)(H,103,123)(H,104,124)(H,105,119)(H,106,122)(H,116,117)/t65-,66-,67-,68-,69-,70-,71-,72+,73+,74-,75-,76-,80-/m0/s1. The fourth-order valence-corrected chi connectivity index (χ4v) is 17.2. The third-order valence-electron chi connectivity index (χ3n) is 23.6. The molecule has 4 heterocycles. The number of ether oxygens (including phenoxy) is 1. The van der Waals surface area contributed by atoms with E-state index in [4.69, 9.17) is 10.5 Å². The lowest BCUT2D eigenvalue weighted by Gasteiger charge is -2.38. The van der Waals surface area contributed by atoms with Crippen LogP contribution < -0.4 is 53.6 Å². The van der Waals surface area contributed by atoms with Crippen LogP contribution in [0.25, 0.3) is 10.9 Å². The Balaban J connectivity index is 1.13. The van der Waals surface area contributed by atoms with E-state index >= 15 is 47.9 Å². The van der Waals surface area contributed by atoms with Gasteiger partial charge in [0.15, 0.2) is 0 Å². The van der Waals surface area contributed by atoms with Gasteiger partial charge >= 0.3 is 5.97 Å². The first-order valence-electron chi connectivity index (χ1n) is 44.0. The highest BCUT2D eigenvalue weighted by molar-refractivity contribution is 8.00. The molecule has 3 saturated heterocycles. The molecule has 3 aliphatic rings. The Morgan fingerprint density at radius 1 is 0.538 bits per heavy atom. The molecule has 3 fully saturated rings. The number of unbranched alkanes of at least 4 members (excludes halogenated alkanes) is 1. The number of nitrogens with one attached hydrogen (secondary N) is 10. The molecule has 13 atom stereocenters. The number of carboxylic acid groups (broad SMARTS) is 1. The lowest BCUT2D eigenvalue weighted by atomic mass is 9.98. The van der Waals surface area contributed by atoms with Crippen LogP contribution >= 0.6 is 11.8 Å². The van der Waals surface area contributed by atoms with E-state index in [0.29, 0.717) is 46.0 Å². The number of primary amides is 1. The molecule has 710 valence electrons. The van der Waals surface area contributed by atoms with E-state index < -0.39 is 241 Å². The predicted molar refractivity (Wildman–Crippen MR) is 481 cm³/mol. The number of carbonyl (C=O) groups excluding carboxylic acids is 16. The summed E-state index contributed by atoms with van der Waals surface area (Å²) >= 11 is 0.781. The lowest BCUT2D eigenvalue weighted by molar-refractivity contribution is -0.152. The Morgan fingerprint density at radius 3 is 1.64 bits per heavy atom. The minimum atomic E-state index is -1.79. The molecule has 0 radical (unpaired) electrons. The van der Waals surface area contributed by atoms with E-state index in [1.165, 1.54) is 93.3 Å². The summed E-state index contributed by atoms with van der Waals surface area (Å²) in [6.07, 6.45) is -0.152. The molecule has 15 amide bonds. The first-order chi connectivity index (χ1) is 62.9. The molecule has 39 heteroatoms. The molecule has 0 bridgehead atoms. The van der Waals surface area contributed by atoms with Crippen LogP contribution in [0.3, 0.4) is 0 Å². The van der Waals surface area contributed by atoms with Crippen molar-refractivity contribution in [2.45, 2.75) is 209 Å². The predicted octanol–water partition coefficient (Wildman–Crippen LogP) is 2.28. The van der Waals surface area contributed by atoms with Crippen LogP contribution in [-0.4, -0.2) is 278 Å². The van der Waals surface area contributed by atoms with Gasteiger partial charge in [0.2, 0.25) is 88.6 Å². The monoisotopic (exact) mass is 1850 g/mol. The average Bonchev–Trinajstić information content (AvgIpc) is 0.989. The smallest absolute Gasteiger partial charge is 0.303 e. The third-order valence-corrected chi connectivity index (χ3v) is 24.6. The van der Waals surface area contributed by atoms with Crippen LogP contribution in [0.15, 0.2) is 134 Å². The number of aromatic nitrogens is 1. The number of fused-ring (bicyclic) bond motifs is 3. The van der Waals surface area contributed by atoms with Crippen LogP contribution in [0.5, 0.6) is 5.75 Å². The number of nitrogens with two attached hydrogens (primary N) is 1. The quantitative estimate of drug-likeness (QED) is 0.0366. The average molecular weight is 1850 g/mol. The highest BCUT2D eigenvalue weighted by Crippen LogP contribution is 2.28. The van der Waals surface area contributed by atoms with Crippen molar-refractivity contribution in [3.63, 3.8) is 0 Å². The van der Waals surface area contributed by atoms with Crippen molar-refractivity contribution >= 4 is 124 Å². The summed E-state index contributed by atoms with van der Waals surface area (Å²) in [5.74, 6) is -19.1. The number of amides is 15. The van der Waals surface area contributed by atoms with Gasteiger partial charge in [-0.1, -0.05) is 132 Å². The van der Waals surface area contributed by atoms with Crippen molar-refractivity contribution in [1.29, 1.82) is 0 Å². The Bertz CT molecular complexity index is 5090. The summed E-state index contributed by atoms with van der Waals surface area (Å²) in [7, 11) is 3.90. The number of phenols is 1. The zero-order chi connectivity index (χ0) is 96.2. The zero-order valence-corrected chi connectivity index (χ0v) is 75.8. The second-order valence-electron chi connectivity index (χ2n) is 34.1. The van der Waals surface area contributed by atoms with Crippen LogP contribution in [0.1, 0.15) is 127 Å². The van der Waals surface area contributed by atoms with Crippen molar-refractivity contribution < 1.29 is 105 Å². The maximum Gasteiger partial charge on any atom is 0.303 e. The molecule has 0 spiro atoms. The molecule has 132 heavy (non-hydrogen) atoms. The summed E-state index contributed by atoms with van der Waals surface area (Å²) in [6.45, 7) is 6.62. The van der Waals surface area contributed by atoms with Crippen molar-refractivity contribution in [1.82, 2.24) is 77.3 Å². The van der Waals surface area contributed by atoms with Gasteiger partial charge in [0.1, 0.15) is 103 Å². The second-order valence-corrected chi connectivity index (χ2v) is 35.1. The highest BCUT2D eigenvalue weighted by Gasteiger charge is 2.46. The van der Waals surface area contributed by atoms with Crippen LogP contribution in [0.2, 0.25) is 0 Å². The fraction of sp³-hybridized carbons (Fsp3) is 0.473. The first-order valence-corrected chi connectivity index (χ1v) is 45.2. The number of hydrogen-bond acceptors (Lipinski definition) is 20. The number of hydrogen-bond donors (Lipinski definition) is 13. The number of phenolic OH excluding ortho intramolecular Hbond substituents is 1.